The molecule has 167 valence electrons. The molecule has 33 heavy (non-hydrogen) atoms. The minimum absolute atomic E-state index is 0.0125. The molecule has 1 radical (unpaired) electrons. The van der Waals surface area contributed by atoms with Crippen molar-refractivity contribution in [2.45, 2.75) is 23.5 Å². The van der Waals surface area contributed by atoms with Crippen LogP contribution in [0.5, 0.6) is 0 Å². The second-order valence-corrected chi connectivity index (χ2v) is 12.4. The number of piperidine rings is 1. The van der Waals surface area contributed by atoms with Gasteiger partial charge in [0.2, 0.25) is 0 Å². The van der Waals surface area contributed by atoms with E-state index in [2.05, 4.69) is 52.8 Å². The van der Waals surface area contributed by atoms with Crippen molar-refractivity contribution < 1.29 is 0 Å². The molecule has 1 saturated heterocycles. The molecule has 1 aliphatic heterocycles. The second kappa shape index (κ2) is 10.1. The van der Waals surface area contributed by atoms with Crippen LogP contribution in [0.1, 0.15) is 35.4 Å². The van der Waals surface area contributed by atoms with E-state index in [0.717, 1.165) is 28.7 Å². The molecular formula is C27H24AsCl2N2O. The number of halogens is 2. The Bertz CT molecular complexity index is 1270. The zero-order valence-electron chi connectivity index (χ0n) is 18.0. The molecule has 6 heteroatoms. The zero-order valence-corrected chi connectivity index (χ0v) is 21.4. The molecule has 1 fully saturated rings. The number of rotatable bonds is 5. The maximum atomic E-state index is 12.4. The quantitative estimate of drug-likeness (QED) is 0.260. The van der Waals surface area contributed by atoms with E-state index < -0.39 is 0 Å². The van der Waals surface area contributed by atoms with Gasteiger partial charge in [-0.15, -0.1) is 0 Å². The Balaban J connectivity index is 1.62. The topological polar surface area (TPSA) is 44.9 Å². The Morgan fingerprint density at radius 2 is 1.36 bits per heavy atom. The van der Waals surface area contributed by atoms with Gasteiger partial charge in [0, 0.05) is 0 Å². The van der Waals surface area contributed by atoms with Crippen molar-refractivity contribution in [1.29, 1.82) is 0 Å². The molecule has 5 rings (SSSR count). The first kappa shape index (κ1) is 22.7. The molecule has 0 aliphatic carbocycles. The van der Waals surface area contributed by atoms with Crippen LogP contribution in [-0.2, 0) is 0 Å². The molecule has 3 aromatic carbocycles. The number of hydrogen-bond acceptors (Lipinski definition) is 2. The third-order valence-corrected chi connectivity index (χ3v) is 9.93. The van der Waals surface area contributed by atoms with E-state index in [1.807, 2.05) is 30.3 Å². The molecule has 0 amide bonds. The Morgan fingerprint density at radius 3 is 1.97 bits per heavy atom. The van der Waals surface area contributed by atoms with Crippen LogP contribution in [0.3, 0.4) is 0 Å². The second-order valence-electron chi connectivity index (χ2n) is 8.47. The van der Waals surface area contributed by atoms with Crippen LogP contribution in [0.2, 0.25) is 14.8 Å². The molecule has 4 aromatic rings. The molecule has 0 saturated carbocycles. The van der Waals surface area contributed by atoms with E-state index >= 15 is 0 Å². The van der Waals surface area contributed by atoms with Gasteiger partial charge < -0.3 is 0 Å². The van der Waals surface area contributed by atoms with Gasteiger partial charge in [-0.25, -0.2) is 0 Å². The fraction of sp³-hybridized carbons (Fsp3) is 0.222. The number of aromatic nitrogens is 1. The maximum absolute atomic E-state index is 12.4. The van der Waals surface area contributed by atoms with Crippen LogP contribution in [0, 0.1) is 0 Å². The zero-order chi connectivity index (χ0) is 22.8. The van der Waals surface area contributed by atoms with Gasteiger partial charge in [-0.2, -0.15) is 0 Å². The average Bonchev–Trinajstić information content (AvgIpc) is 2.82. The molecule has 3 nitrogen and oxygen atoms in total. The molecule has 1 aliphatic rings. The van der Waals surface area contributed by atoms with Crippen LogP contribution in [0.15, 0.2) is 77.6 Å². The van der Waals surface area contributed by atoms with Crippen LogP contribution in [0.25, 0.3) is 10.9 Å². The van der Waals surface area contributed by atoms with E-state index in [1.165, 1.54) is 39.3 Å². The van der Waals surface area contributed by atoms with E-state index in [9.17, 15) is 4.79 Å². The van der Waals surface area contributed by atoms with Crippen LogP contribution >= 0.6 is 23.2 Å². The van der Waals surface area contributed by atoms with Crippen LogP contribution in [0.4, 0.5) is 0 Å². The van der Waals surface area contributed by atoms with Gasteiger partial charge >= 0.3 is 211 Å². The summed E-state index contributed by atoms with van der Waals surface area (Å²) in [5.41, 5.74) is 4.42. The van der Waals surface area contributed by atoms with Gasteiger partial charge in [0.25, 0.3) is 0 Å². The summed E-state index contributed by atoms with van der Waals surface area (Å²) in [7, 11) is 0. The molecule has 0 spiro atoms. The first-order chi connectivity index (χ1) is 16.1. The molecule has 0 bridgehead atoms. The molecule has 2 N–H and O–H groups in total. The summed E-state index contributed by atoms with van der Waals surface area (Å²) >= 11 is 12.3. The monoisotopic (exact) mass is 537 g/mol. The van der Waals surface area contributed by atoms with Gasteiger partial charge in [0.1, 0.15) is 0 Å². The summed E-state index contributed by atoms with van der Waals surface area (Å²) in [4.78, 5) is 15.4. The third kappa shape index (κ3) is 5.23. The first-order valence-corrected chi connectivity index (χ1v) is 13.9. The Kier molecular flexibility index (Phi) is 6.94. The van der Waals surface area contributed by atoms with Gasteiger partial charge in [0.15, 0.2) is 0 Å². The van der Waals surface area contributed by atoms with Crippen molar-refractivity contribution in [1.82, 2.24) is 10.3 Å². The van der Waals surface area contributed by atoms with Crippen molar-refractivity contribution in [3.8, 4) is 0 Å². The van der Waals surface area contributed by atoms with Crippen molar-refractivity contribution in [3.05, 3.63) is 110 Å². The molecule has 0 unspecified atom stereocenters. The predicted octanol–water partition coefficient (Wildman–Crippen LogP) is 5.52. The fourth-order valence-corrected chi connectivity index (χ4v) is 7.80. The first-order valence-electron chi connectivity index (χ1n) is 11.2. The minimum atomic E-state index is -0.0845. The van der Waals surface area contributed by atoms with Crippen LogP contribution < -0.4 is 15.2 Å². The number of fused-ring (bicyclic) bond motifs is 1. The number of hydrogen-bond donors (Lipinski definition) is 2. The number of pyridine rings is 1. The predicted molar refractivity (Wildman–Crippen MR) is 140 cm³/mol. The van der Waals surface area contributed by atoms with Crippen molar-refractivity contribution in [3.63, 3.8) is 0 Å². The Hall–Kier alpha value is -2.03. The fourth-order valence-electron chi connectivity index (χ4n) is 4.56. The van der Waals surface area contributed by atoms with Gasteiger partial charge in [0.05, 0.1) is 0 Å². The Morgan fingerprint density at radius 1 is 0.788 bits per heavy atom. The third-order valence-electron chi connectivity index (χ3n) is 6.22. The molecular weight excluding hydrogens is 514 g/mol. The summed E-state index contributed by atoms with van der Waals surface area (Å²) in [5, 5.41) is 6.05. The van der Waals surface area contributed by atoms with Gasteiger partial charge in [-0.05, 0) is 0 Å². The average molecular weight is 538 g/mol. The van der Waals surface area contributed by atoms with Crippen LogP contribution in [-0.4, -0.2) is 33.8 Å². The normalized spacial score (nSPS) is 15.1. The van der Waals surface area contributed by atoms with Crippen molar-refractivity contribution in [2.75, 3.05) is 13.1 Å². The van der Waals surface area contributed by atoms with E-state index in [4.69, 9.17) is 23.2 Å². The summed E-state index contributed by atoms with van der Waals surface area (Å²) in [6.07, 6.45) is 2.37. The molecule has 0 atom stereocenters. The Labute approximate surface area is 210 Å². The number of benzene rings is 3. The van der Waals surface area contributed by atoms with E-state index in [0.29, 0.717) is 4.71 Å². The van der Waals surface area contributed by atoms with Crippen molar-refractivity contribution >= 4 is 54.2 Å². The number of nitrogens with one attached hydrogen (secondary N) is 2. The molecule has 2 heterocycles. The van der Waals surface area contributed by atoms with Gasteiger partial charge in [-0.1, -0.05) is 0 Å². The number of H-pyrrole nitrogens is 1. The summed E-state index contributed by atoms with van der Waals surface area (Å²) in [5.74, 6) is 0.0406. The van der Waals surface area contributed by atoms with E-state index in [-0.39, 0.29) is 27.2 Å². The summed E-state index contributed by atoms with van der Waals surface area (Å²) in [6.45, 7) is 2.14. The summed E-state index contributed by atoms with van der Waals surface area (Å²) < 4.78 is 1.92. The summed E-state index contributed by atoms with van der Waals surface area (Å²) in [6, 6.07) is 24.4. The van der Waals surface area contributed by atoms with Crippen molar-refractivity contribution in [2.24, 2.45) is 0 Å². The number of aromatic amines is 1. The van der Waals surface area contributed by atoms with Gasteiger partial charge in [-0.3, -0.25) is 0 Å². The SMILES string of the molecule is O=c1cc([As]C2CCNCC2)c2cc(C(c3ccc(Cl)cc3)c3ccc(Cl)cc3)ccc2[nH]1. The standard InChI is InChI=1S/C27H24AsCl2N2O/c29-21-6-1-17(2-7-21)27(18-3-8-22(30)9-4-18)19-5-10-25-23(15-19)24(16-26(33)32-25)28-20-11-13-31-14-12-20/h1-10,15-16,20,27,31H,11-14H2,(H,32,33). The molecule has 1 aromatic heterocycles. The van der Waals surface area contributed by atoms with E-state index in [1.54, 1.807) is 0 Å².